The summed E-state index contributed by atoms with van der Waals surface area (Å²) >= 11 is 6.96. The molecule has 2 aromatic heterocycles. The van der Waals surface area contributed by atoms with Gasteiger partial charge in [-0.25, -0.2) is 14.8 Å². The average molecular weight is 565 g/mol. The summed E-state index contributed by atoms with van der Waals surface area (Å²) in [5.74, 6) is -1.29. The molecule has 5 rings (SSSR count). The molecule has 3 heterocycles. The van der Waals surface area contributed by atoms with Gasteiger partial charge in [-0.3, -0.25) is 9.36 Å². The summed E-state index contributed by atoms with van der Waals surface area (Å²) in [6.45, 7) is 5.64. The number of thiazole rings is 1. The fraction of sp³-hybridized carbons (Fsp3) is 0.179. The Labute approximate surface area is 231 Å². The molecule has 39 heavy (non-hydrogen) atoms. The molecule has 1 aliphatic heterocycles. The number of hydrogen-bond donors (Lipinski definition) is 0. The highest BCUT2D eigenvalue weighted by molar-refractivity contribution is 7.07. The normalized spacial score (nSPS) is 15.1. The zero-order valence-corrected chi connectivity index (χ0v) is 22.7. The lowest BCUT2D eigenvalue weighted by Crippen LogP contribution is -2.39. The van der Waals surface area contributed by atoms with Crippen molar-refractivity contribution in [3.8, 4) is 11.6 Å². The third-order valence-corrected chi connectivity index (χ3v) is 7.13. The maximum atomic E-state index is 14.0. The molecule has 1 aliphatic rings. The van der Waals surface area contributed by atoms with E-state index in [9.17, 15) is 14.0 Å². The first-order valence-electron chi connectivity index (χ1n) is 12.0. The van der Waals surface area contributed by atoms with Crippen molar-refractivity contribution in [2.24, 2.45) is 4.99 Å². The molecular formula is C28H22ClFN4O4S. The second-order valence-electron chi connectivity index (χ2n) is 8.68. The van der Waals surface area contributed by atoms with Gasteiger partial charge in [0.15, 0.2) is 4.80 Å². The molecule has 11 heteroatoms. The number of aromatic nitrogens is 3. The van der Waals surface area contributed by atoms with Crippen LogP contribution in [0, 0.1) is 12.7 Å². The lowest BCUT2D eigenvalue weighted by atomic mass is 9.95. The number of rotatable bonds is 6. The Hall–Kier alpha value is -4.15. The summed E-state index contributed by atoms with van der Waals surface area (Å²) in [6.07, 6.45) is 2.61. The Kier molecular flexibility index (Phi) is 7.40. The van der Waals surface area contributed by atoms with E-state index in [0.717, 1.165) is 17.3 Å². The molecule has 0 saturated heterocycles. The van der Waals surface area contributed by atoms with Crippen LogP contribution in [0.25, 0.3) is 6.08 Å². The third-order valence-electron chi connectivity index (χ3n) is 5.96. The van der Waals surface area contributed by atoms with Crippen molar-refractivity contribution in [1.82, 2.24) is 14.5 Å². The number of esters is 1. The molecule has 0 bridgehead atoms. The molecule has 0 radical (unpaired) electrons. The standard InChI is InChI=1S/C28H22ClFN4O4S/c1-4-37-26(36)22-16(3)32-28-34(23(22)18-10-8-15(2)9-11-18)25(35)21(39-28)13-17-6-5-7-19(12-17)38-24-20(30)14-31-27(29)33-24/h5-14,23H,4H2,1-3H3. The second-order valence-corrected chi connectivity index (χ2v) is 10.0. The van der Waals surface area contributed by atoms with E-state index in [1.165, 1.54) is 15.9 Å². The number of ether oxygens (including phenoxy) is 2. The lowest BCUT2D eigenvalue weighted by Gasteiger charge is -2.24. The molecular weight excluding hydrogens is 543 g/mol. The predicted molar refractivity (Wildman–Crippen MR) is 145 cm³/mol. The van der Waals surface area contributed by atoms with Gasteiger partial charge in [0, 0.05) is 0 Å². The van der Waals surface area contributed by atoms with Crippen molar-refractivity contribution < 1.29 is 18.7 Å². The van der Waals surface area contributed by atoms with Gasteiger partial charge < -0.3 is 9.47 Å². The van der Waals surface area contributed by atoms with Crippen molar-refractivity contribution in [2.75, 3.05) is 6.61 Å². The zero-order chi connectivity index (χ0) is 27.7. The van der Waals surface area contributed by atoms with Crippen LogP contribution in [-0.2, 0) is 9.53 Å². The van der Waals surface area contributed by atoms with Crippen molar-refractivity contribution in [3.05, 3.63) is 113 Å². The number of benzene rings is 2. The monoisotopic (exact) mass is 564 g/mol. The smallest absolute Gasteiger partial charge is 0.338 e. The maximum Gasteiger partial charge on any atom is 0.338 e. The highest BCUT2D eigenvalue weighted by Crippen LogP contribution is 2.31. The topological polar surface area (TPSA) is 95.7 Å². The van der Waals surface area contributed by atoms with E-state index in [1.54, 1.807) is 44.2 Å². The largest absolute Gasteiger partial charge is 0.463 e. The summed E-state index contributed by atoms with van der Waals surface area (Å²) < 4.78 is 26.9. The second kappa shape index (κ2) is 10.9. The first kappa shape index (κ1) is 26.5. The van der Waals surface area contributed by atoms with Crippen LogP contribution < -0.4 is 19.6 Å². The number of halogens is 2. The fourth-order valence-corrected chi connectivity index (χ4v) is 5.36. The number of allylic oxidation sites excluding steroid dienone is 1. The van der Waals surface area contributed by atoms with E-state index >= 15 is 0 Å². The van der Waals surface area contributed by atoms with Gasteiger partial charge in [-0.15, -0.1) is 0 Å². The van der Waals surface area contributed by atoms with Crippen LogP contribution in [0.3, 0.4) is 0 Å². The average Bonchev–Trinajstić information content (AvgIpc) is 3.20. The molecule has 0 N–H and O–H groups in total. The van der Waals surface area contributed by atoms with Gasteiger partial charge in [-0.05, 0) is 61.7 Å². The van der Waals surface area contributed by atoms with E-state index in [-0.39, 0.29) is 23.3 Å². The summed E-state index contributed by atoms with van der Waals surface area (Å²) in [5, 5.41) is -0.149. The van der Waals surface area contributed by atoms with Gasteiger partial charge in [-0.2, -0.15) is 9.37 Å². The van der Waals surface area contributed by atoms with Crippen LogP contribution >= 0.6 is 22.9 Å². The molecule has 2 aromatic carbocycles. The van der Waals surface area contributed by atoms with E-state index < -0.39 is 17.8 Å². The van der Waals surface area contributed by atoms with E-state index in [4.69, 9.17) is 21.1 Å². The number of carbonyl (C=O) groups is 1. The highest BCUT2D eigenvalue weighted by atomic mass is 35.5. The fourth-order valence-electron chi connectivity index (χ4n) is 4.19. The van der Waals surface area contributed by atoms with Crippen molar-refractivity contribution >= 4 is 35.0 Å². The molecule has 8 nitrogen and oxygen atoms in total. The Morgan fingerprint density at radius 1 is 1.21 bits per heavy atom. The van der Waals surface area contributed by atoms with Gasteiger partial charge in [0.2, 0.25) is 11.1 Å². The Morgan fingerprint density at radius 2 is 1.97 bits per heavy atom. The quantitative estimate of drug-likeness (QED) is 0.253. The number of carbonyl (C=O) groups excluding carboxylic acids is 1. The summed E-state index contributed by atoms with van der Waals surface area (Å²) in [4.78, 5) is 39.1. The third kappa shape index (κ3) is 5.39. The van der Waals surface area contributed by atoms with Gasteiger partial charge in [0.05, 0.1) is 34.6 Å². The minimum Gasteiger partial charge on any atom is -0.463 e. The molecule has 0 saturated carbocycles. The number of aryl methyl sites for hydroxylation is 1. The Balaban J connectivity index is 1.60. The van der Waals surface area contributed by atoms with Crippen molar-refractivity contribution in [3.63, 3.8) is 0 Å². The SMILES string of the molecule is CCOC(=O)C1=C(C)N=c2sc(=Cc3cccc(Oc4nc(Cl)ncc4F)c3)c(=O)n2C1c1ccc(C)cc1. The molecule has 198 valence electrons. The lowest BCUT2D eigenvalue weighted by molar-refractivity contribution is -0.139. The maximum absolute atomic E-state index is 14.0. The number of hydrogen-bond acceptors (Lipinski definition) is 8. The summed E-state index contributed by atoms with van der Waals surface area (Å²) in [6, 6.07) is 13.7. The first-order chi connectivity index (χ1) is 18.7. The van der Waals surface area contributed by atoms with Crippen LogP contribution in [-0.4, -0.2) is 27.1 Å². The van der Waals surface area contributed by atoms with Crippen LogP contribution in [0.4, 0.5) is 4.39 Å². The van der Waals surface area contributed by atoms with E-state index in [1.807, 2.05) is 31.2 Å². The Bertz CT molecular complexity index is 1800. The minimum absolute atomic E-state index is 0.149. The minimum atomic E-state index is -0.762. The molecule has 0 aliphatic carbocycles. The molecule has 0 spiro atoms. The molecule has 1 atom stereocenters. The van der Waals surface area contributed by atoms with Crippen molar-refractivity contribution in [1.29, 1.82) is 0 Å². The molecule has 4 aromatic rings. The summed E-state index contributed by atoms with van der Waals surface area (Å²) in [5.41, 5.74) is 2.96. The highest BCUT2D eigenvalue weighted by Gasteiger charge is 2.33. The van der Waals surface area contributed by atoms with Crippen molar-refractivity contribution in [2.45, 2.75) is 26.8 Å². The van der Waals surface area contributed by atoms with Gasteiger partial charge in [-0.1, -0.05) is 53.3 Å². The molecule has 0 amide bonds. The Morgan fingerprint density at radius 3 is 2.72 bits per heavy atom. The van der Waals surface area contributed by atoms with Gasteiger partial charge in [0.1, 0.15) is 5.75 Å². The van der Waals surface area contributed by atoms with E-state index in [2.05, 4.69) is 15.0 Å². The predicted octanol–water partition coefficient (Wildman–Crippen LogP) is 4.48. The van der Waals surface area contributed by atoms with Crippen LogP contribution in [0.5, 0.6) is 11.6 Å². The summed E-state index contributed by atoms with van der Waals surface area (Å²) in [7, 11) is 0. The van der Waals surface area contributed by atoms with Gasteiger partial charge >= 0.3 is 5.97 Å². The van der Waals surface area contributed by atoms with Crippen LogP contribution in [0.1, 0.15) is 36.6 Å². The van der Waals surface area contributed by atoms with Crippen LogP contribution in [0.15, 0.2) is 75.8 Å². The number of nitrogens with zero attached hydrogens (tertiary/aromatic N) is 4. The molecule has 0 fully saturated rings. The van der Waals surface area contributed by atoms with Crippen LogP contribution in [0.2, 0.25) is 5.28 Å². The molecule has 1 unspecified atom stereocenters. The zero-order valence-electron chi connectivity index (χ0n) is 21.1. The number of fused-ring (bicyclic) bond motifs is 1. The first-order valence-corrected chi connectivity index (χ1v) is 13.2. The van der Waals surface area contributed by atoms with Gasteiger partial charge in [0.25, 0.3) is 11.4 Å². The van der Waals surface area contributed by atoms with E-state index in [0.29, 0.717) is 31.9 Å².